The first-order valence-corrected chi connectivity index (χ1v) is 5.35. The van der Waals surface area contributed by atoms with Gasteiger partial charge < -0.3 is 5.73 Å². The number of hydrogen-bond donors (Lipinski definition) is 1. The fourth-order valence-corrected chi connectivity index (χ4v) is 2.99. The van der Waals surface area contributed by atoms with Crippen LogP contribution < -0.4 is 5.73 Å². The fraction of sp³-hybridized carbons (Fsp3) is 0.400. The molecule has 1 heterocycles. The normalized spacial score (nSPS) is 29.1. The maximum atomic E-state index is 5.99. The summed E-state index contributed by atoms with van der Waals surface area (Å²) >= 11 is 1.98. The van der Waals surface area contributed by atoms with Gasteiger partial charge in [-0.1, -0.05) is 30.3 Å². The molecule has 1 fully saturated rings. The van der Waals surface area contributed by atoms with Crippen LogP contribution in [0.4, 0.5) is 0 Å². The van der Waals surface area contributed by atoms with Gasteiger partial charge in [-0.25, -0.2) is 0 Å². The van der Waals surface area contributed by atoms with Crippen LogP contribution in [0.25, 0.3) is 0 Å². The smallest absolute Gasteiger partial charge is 0.0448 e. The lowest BCUT2D eigenvalue weighted by Crippen LogP contribution is -2.21. The molecule has 1 nitrogen and oxygen atoms in total. The minimum absolute atomic E-state index is 0.359. The summed E-state index contributed by atoms with van der Waals surface area (Å²) in [5, 5.41) is 0.534. The average Bonchev–Trinajstić information content (AvgIpc) is 2.53. The molecule has 0 bridgehead atoms. The molecule has 12 heavy (non-hydrogen) atoms. The zero-order valence-electron chi connectivity index (χ0n) is 6.94. The summed E-state index contributed by atoms with van der Waals surface area (Å²) in [5.41, 5.74) is 7.37. The minimum Gasteiger partial charge on any atom is -0.326 e. The molecule has 2 rings (SSSR count). The number of nitrogens with two attached hydrogens (primary N) is 1. The predicted molar refractivity (Wildman–Crippen MR) is 54.2 cm³/mol. The molecule has 1 aliphatic rings. The van der Waals surface area contributed by atoms with Gasteiger partial charge >= 0.3 is 0 Å². The van der Waals surface area contributed by atoms with E-state index in [1.54, 1.807) is 0 Å². The summed E-state index contributed by atoms with van der Waals surface area (Å²) in [5.74, 6) is 1.21. The van der Waals surface area contributed by atoms with E-state index in [0.29, 0.717) is 11.3 Å². The molecule has 2 heteroatoms. The van der Waals surface area contributed by atoms with Gasteiger partial charge in [-0.3, -0.25) is 0 Å². The molecule has 0 saturated carbocycles. The maximum Gasteiger partial charge on any atom is 0.0448 e. The SMILES string of the molecule is NC1CCSC1c1ccccc1. The van der Waals surface area contributed by atoms with Crippen molar-refractivity contribution in [3.8, 4) is 0 Å². The highest BCUT2D eigenvalue weighted by atomic mass is 32.2. The quantitative estimate of drug-likeness (QED) is 0.715. The lowest BCUT2D eigenvalue weighted by atomic mass is 10.0. The highest BCUT2D eigenvalue weighted by Crippen LogP contribution is 2.38. The number of rotatable bonds is 1. The third-order valence-electron chi connectivity index (χ3n) is 2.27. The van der Waals surface area contributed by atoms with E-state index in [1.807, 2.05) is 11.8 Å². The Morgan fingerprint density at radius 2 is 2.00 bits per heavy atom. The summed E-state index contributed by atoms with van der Waals surface area (Å²) in [6, 6.07) is 10.9. The van der Waals surface area contributed by atoms with E-state index >= 15 is 0 Å². The maximum absolute atomic E-state index is 5.99. The monoisotopic (exact) mass is 179 g/mol. The van der Waals surface area contributed by atoms with Crippen molar-refractivity contribution in [1.29, 1.82) is 0 Å². The molecule has 0 amide bonds. The molecule has 0 aromatic heterocycles. The van der Waals surface area contributed by atoms with Gasteiger partial charge in [0.05, 0.1) is 0 Å². The topological polar surface area (TPSA) is 26.0 Å². The molecule has 1 aromatic rings. The molecule has 2 unspecified atom stereocenters. The Kier molecular flexibility index (Phi) is 2.38. The van der Waals surface area contributed by atoms with Crippen LogP contribution in [0, 0.1) is 0 Å². The van der Waals surface area contributed by atoms with Crippen LogP contribution in [-0.4, -0.2) is 11.8 Å². The zero-order chi connectivity index (χ0) is 8.39. The summed E-state index contributed by atoms with van der Waals surface area (Å²) < 4.78 is 0. The van der Waals surface area contributed by atoms with Crippen molar-refractivity contribution in [2.75, 3.05) is 5.75 Å². The van der Waals surface area contributed by atoms with Gasteiger partial charge in [0, 0.05) is 11.3 Å². The van der Waals surface area contributed by atoms with Gasteiger partial charge in [-0.05, 0) is 17.7 Å². The molecule has 1 saturated heterocycles. The largest absolute Gasteiger partial charge is 0.326 e. The molecule has 2 N–H and O–H groups in total. The lowest BCUT2D eigenvalue weighted by Gasteiger charge is -2.13. The van der Waals surface area contributed by atoms with Gasteiger partial charge in [-0.15, -0.1) is 0 Å². The van der Waals surface area contributed by atoms with Crippen LogP contribution in [0.2, 0.25) is 0 Å². The van der Waals surface area contributed by atoms with Crippen molar-refractivity contribution >= 4 is 11.8 Å². The standard InChI is InChI=1S/C10H13NS/c11-9-6-7-12-10(9)8-4-2-1-3-5-8/h1-5,9-10H,6-7,11H2. The molecule has 1 aromatic carbocycles. The van der Waals surface area contributed by atoms with Crippen LogP contribution in [0.5, 0.6) is 0 Å². The van der Waals surface area contributed by atoms with E-state index in [0.717, 1.165) is 6.42 Å². The van der Waals surface area contributed by atoms with Crippen LogP contribution in [0.1, 0.15) is 17.2 Å². The first kappa shape index (κ1) is 8.14. The Morgan fingerprint density at radius 3 is 2.58 bits per heavy atom. The van der Waals surface area contributed by atoms with Crippen LogP contribution in [0.15, 0.2) is 30.3 Å². The summed E-state index contributed by atoms with van der Waals surface area (Å²) in [4.78, 5) is 0. The summed E-state index contributed by atoms with van der Waals surface area (Å²) in [6.45, 7) is 0. The van der Waals surface area contributed by atoms with Crippen LogP contribution >= 0.6 is 11.8 Å². The molecule has 1 aliphatic heterocycles. The minimum atomic E-state index is 0.359. The highest BCUT2D eigenvalue weighted by molar-refractivity contribution is 7.99. The van der Waals surface area contributed by atoms with E-state index in [9.17, 15) is 0 Å². The van der Waals surface area contributed by atoms with Gasteiger partial charge in [-0.2, -0.15) is 11.8 Å². The fourth-order valence-electron chi connectivity index (χ4n) is 1.59. The zero-order valence-corrected chi connectivity index (χ0v) is 7.76. The van der Waals surface area contributed by atoms with Crippen LogP contribution in [0.3, 0.4) is 0 Å². The average molecular weight is 179 g/mol. The third-order valence-corrected chi connectivity index (χ3v) is 3.72. The van der Waals surface area contributed by atoms with Crippen molar-refractivity contribution in [1.82, 2.24) is 0 Å². The van der Waals surface area contributed by atoms with E-state index in [2.05, 4.69) is 30.3 Å². The van der Waals surface area contributed by atoms with E-state index in [-0.39, 0.29) is 0 Å². The molecule has 2 atom stereocenters. The third kappa shape index (κ3) is 1.50. The Labute approximate surface area is 77.3 Å². The molecule has 64 valence electrons. The van der Waals surface area contributed by atoms with Crippen molar-refractivity contribution in [2.45, 2.75) is 17.7 Å². The predicted octanol–water partition coefficient (Wildman–Crippen LogP) is 2.19. The van der Waals surface area contributed by atoms with E-state index < -0.39 is 0 Å². The van der Waals surface area contributed by atoms with Crippen molar-refractivity contribution in [2.24, 2.45) is 5.73 Å². The number of thioether (sulfide) groups is 1. The molecular formula is C10H13NS. The second kappa shape index (κ2) is 3.50. The van der Waals surface area contributed by atoms with Gasteiger partial charge in [0.15, 0.2) is 0 Å². The van der Waals surface area contributed by atoms with E-state index in [1.165, 1.54) is 11.3 Å². The van der Waals surface area contributed by atoms with E-state index in [4.69, 9.17) is 5.73 Å². The molecule has 0 radical (unpaired) electrons. The van der Waals surface area contributed by atoms with Crippen molar-refractivity contribution in [3.63, 3.8) is 0 Å². The summed E-state index contributed by atoms with van der Waals surface area (Å²) in [7, 11) is 0. The first-order valence-electron chi connectivity index (χ1n) is 4.30. The Bertz CT molecular complexity index is 247. The number of benzene rings is 1. The first-order chi connectivity index (χ1) is 5.88. The Morgan fingerprint density at radius 1 is 1.25 bits per heavy atom. The summed E-state index contributed by atoms with van der Waals surface area (Å²) in [6.07, 6.45) is 1.16. The Hall–Kier alpha value is -0.470. The number of hydrogen-bond acceptors (Lipinski definition) is 2. The van der Waals surface area contributed by atoms with Crippen molar-refractivity contribution in [3.05, 3.63) is 35.9 Å². The molecular weight excluding hydrogens is 166 g/mol. The van der Waals surface area contributed by atoms with Crippen LogP contribution in [-0.2, 0) is 0 Å². The lowest BCUT2D eigenvalue weighted by molar-refractivity contribution is 0.670. The molecule has 0 aliphatic carbocycles. The van der Waals surface area contributed by atoms with Gasteiger partial charge in [0.25, 0.3) is 0 Å². The molecule has 0 spiro atoms. The van der Waals surface area contributed by atoms with Crippen molar-refractivity contribution < 1.29 is 0 Å². The highest BCUT2D eigenvalue weighted by Gasteiger charge is 2.25. The van der Waals surface area contributed by atoms with Gasteiger partial charge in [0.2, 0.25) is 0 Å². The second-order valence-electron chi connectivity index (χ2n) is 3.15. The second-order valence-corrected chi connectivity index (χ2v) is 4.40. The Balaban J connectivity index is 2.19. The van der Waals surface area contributed by atoms with Gasteiger partial charge in [0.1, 0.15) is 0 Å².